The van der Waals surface area contributed by atoms with E-state index in [9.17, 15) is 28.8 Å². The number of rotatable bonds is 6. The van der Waals surface area contributed by atoms with Crippen LogP contribution in [0.2, 0.25) is 0 Å². The van der Waals surface area contributed by atoms with E-state index in [4.69, 9.17) is 4.74 Å². The number of nitrogens with zero attached hydrogens (tertiary/aromatic N) is 1. The van der Waals surface area contributed by atoms with E-state index in [0.29, 0.717) is 19.5 Å². The van der Waals surface area contributed by atoms with Gasteiger partial charge in [-0.25, -0.2) is 13.4 Å². The number of aliphatic hydroxyl groups excluding tert-OH is 4. The molecule has 13 heteroatoms. The number of anilines is 1. The van der Waals surface area contributed by atoms with E-state index in [2.05, 4.69) is 41.6 Å². The highest BCUT2D eigenvalue weighted by molar-refractivity contribution is 9.11. The molecule has 166 valence electrons. The van der Waals surface area contributed by atoms with Gasteiger partial charge in [0, 0.05) is 20.2 Å². The Labute approximate surface area is 194 Å². The zero-order valence-electron chi connectivity index (χ0n) is 15.6. The lowest BCUT2D eigenvalue weighted by atomic mass is 9.93. The molecule has 2 heterocycles. The summed E-state index contributed by atoms with van der Waals surface area (Å²) in [5.74, 6) is 0. The SMILES string of the molecule is Cc1nc(NS(=O)(=O)c2cc(Br)ccc2Br)sc1C[C@@H]1O[C@H](CO)[C@H](O)[C@H](O)[C@H]1O. The van der Waals surface area contributed by atoms with Gasteiger partial charge in [-0.3, -0.25) is 4.72 Å². The summed E-state index contributed by atoms with van der Waals surface area (Å²) in [7, 11) is -3.91. The van der Waals surface area contributed by atoms with Crippen molar-refractivity contribution in [1.29, 1.82) is 0 Å². The number of hydrogen-bond donors (Lipinski definition) is 5. The Hall–Kier alpha value is -0.640. The van der Waals surface area contributed by atoms with Gasteiger partial charge in [-0.2, -0.15) is 0 Å². The lowest BCUT2D eigenvalue weighted by Gasteiger charge is -2.40. The van der Waals surface area contributed by atoms with Crippen molar-refractivity contribution in [2.75, 3.05) is 11.3 Å². The van der Waals surface area contributed by atoms with Crippen molar-refractivity contribution in [3.8, 4) is 0 Å². The van der Waals surface area contributed by atoms with E-state index in [-0.39, 0.29) is 16.4 Å². The number of sulfonamides is 1. The van der Waals surface area contributed by atoms with Crippen molar-refractivity contribution >= 4 is 58.4 Å². The molecule has 1 saturated heterocycles. The molecule has 3 rings (SSSR count). The number of halogens is 2. The Morgan fingerprint density at radius 2 is 1.83 bits per heavy atom. The van der Waals surface area contributed by atoms with E-state index in [1.165, 1.54) is 6.07 Å². The van der Waals surface area contributed by atoms with Crippen LogP contribution in [-0.2, 0) is 21.2 Å². The van der Waals surface area contributed by atoms with Crippen LogP contribution in [0.25, 0.3) is 0 Å². The third-order valence-corrected chi connectivity index (χ3v) is 8.73. The zero-order chi connectivity index (χ0) is 22.2. The monoisotopic (exact) mass is 586 g/mol. The van der Waals surface area contributed by atoms with Crippen LogP contribution in [0, 0.1) is 6.92 Å². The predicted octanol–water partition coefficient (Wildman–Crippen LogP) is 1.16. The van der Waals surface area contributed by atoms with Crippen LogP contribution in [0.4, 0.5) is 5.13 Å². The average molecular weight is 588 g/mol. The van der Waals surface area contributed by atoms with Gasteiger partial charge in [-0.05, 0) is 41.1 Å². The van der Waals surface area contributed by atoms with Crippen LogP contribution in [0.3, 0.4) is 0 Å². The molecule has 30 heavy (non-hydrogen) atoms. The molecule has 0 aliphatic carbocycles. The molecule has 9 nitrogen and oxygen atoms in total. The Kier molecular flexibility index (Phi) is 7.58. The maximum Gasteiger partial charge on any atom is 0.264 e. The molecule has 1 fully saturated rings. The Bertz CT molecular complexity index is 1020. The summed E-state index contributed by atoms with van der Waals surface area (Å²) >= 11 is 7.55. The maximum atomic E-state index is 12.7. The third-order valence-electron chi connectivity index (χ3n) is 4.67. The molecule has 0 bridgehead atoms. The molecule has 0 unspecified atom stereocenters. The Morgan fingerprint density at radius 1 is 1.17 bits per heavy atom. The third kappa shape index (κ3) is 5.05. The number of aromatic nitrogens is 1. The summed E-state index contributed by atoms with van der Waals surface area (Å²) in [6.07, 6.45) is -6.07. The minimum Gasteiger partial charge on any atom is -0.394 e. The number of hydrogen-bond acceptors (Lipinski definition) is 9. The van der Waals surface area contributed by atoms with E-state index in [1.807, 2.05) is 0 Å². The maximum absolute atomic E-state index is 12.7. The minimum atomic E-state index is -3.91. The molecule has 0 saturated carbocycles. The molecule has 0 amide bonds. The molecule has 0 spiro atoms. The average Bonchev–Trinajstić information content (AvgIpc) is 3.02. The highest BCUT2D eigenvalue weighted by atomic mass is 79.9. The molecule has 1 aliphatic heterocycles. The lowest BCUT2D eigenvalue weighted by molar-refractivity contribution is -0.228. The summed E-state index contributed by atoms with van der Waals surface area (Å²) in [4.78, 5) is 4.91. The molecule has 0 radical (unpaired) electrons. The van der Waals surface area contributed by atoms with Crippen LogP contribution in [0.1, 0.15) is 10.6 Å². The van der Waals surface area contributed by atoms with Gasteiger partial charge < -0.3 is 25.2 Å². The van der Waals surface area contributed by atoms with E-state index in [1.54, 1.807) is 19.1 Å². The zero-order valence-corrected chi connectivity index (χ0v) is 20.4. The van der Waals surface area contributed by atoms with Crippen LogP contribution >= 0.6 is 43.2 Å². The number of aliphatic hydroxyl groups is 4. The minimum absolute atomic E-state index is 0.0419. The van der Waals surface area contributed by atoms with Crippen LogP contribution in [-0.4, -0.2) is 71.0 Å². The first-order valence-corrected chi connectivity index (χ1v) is 12.7. The van der Waals surface area contributed by atoms with Gasteiger partial charge in [-0.1, -0.05) is 15.9 Å². The van der Waals surface area contributed by atoms with Crippen LogP contribution in [0.5, 0.6) is 0 Å². The lowest BCUT2D eigenvalue weighted by Crippen LogP contribution is -2.58. The normalized spacial score (nSPS) is 27.2. The fourth-order valence-electron chi connectivity index (χ4n) is 3.04. The first-order chi connectivity index (χ1) is 14.0. The Balaban J connectivity index is 1.79. The molecule has 1 aromatic carbocycles. The molecule has 5 atom stereocenters. The van der Waals surface area contributed by atoms with Gasteiger partial charge in [0.15, 0.2) is 5.13 Å². The summed E-state index contributed by atoms with van der Waals surface area (Å²) in [6, 6.07) is 4.77. The molecule has 1 aromatic heterocycles. The van der Waals surface area contributed by atoms with E-state index in [0.717, 1.165) is 11.3 Å². The number of ether oxygens (including phenoxy) is 1. The summed E-state index contributed by atoms with van der Waals surface area (Å²) < 4.78 is 34.5. The van der Waals surface area contributed by atoms with Gasteiger partial charge in [0.2, 0.25) is 0 Å². The second kappa shape index (κ2) is 9.46. The fraction of sp³-hybridized carbons (Fsp3) is 0.471. The first-order valence-electron chi connectivity index (χ1n) is 8.78. The van der Waals surface area contributed by atoms with Crippen molar-refractivity contribution in [2.24, 2.45) is 0 Å². The highest BCUT2D eigenvalue weighted by Crippen LogP contribution is 2.32. The van der Waals surface area contributed by atoms with Gasteiger partial charge in [0.05, 0.1) is 18.4 Å². The number of thiazole rings is 1. The topological polar surface area (TPSA) is 149 Å². The van der Waals surface area contributed by atoms with E-state index < -0.39 is 47.2 Å². The van der Waals surface area contributed by atoms with E-state index >= 15 is 0 Å². The summed E-state index contributed by atoms with van der Waals surface area (Å²) in [5.41, 5.74) is 0.531. The van der Waals surface area contributed by atoms with Gasteiger partial charge >= 0.3 is 0 Å². The number of benzene rings is 1. The standard InChI is InChI=1S/C17H20Br2N2O7S2/c1-7-12(5-10-14(23)16(25)15(24)11(6-22)28-10)29-17(20-7)21-30(26,27)13-4-8(18)2-3-9(13)19/h2-4,10-11,14-16,22-25H,5-6H2,1H3,(H,20,21)/t10-,11+,14-,15-,16+/m0/s1. The molecule has 2 aromatic rings. The molecular formula is C17H20Br2N2O7S2. The van der Waals surface area contributed by atoms with Crippen molar-refractivity contribution < 1.29 is 33.6 Å². The number of nitrogens with one attached hydrogen (secondary N) is 1. The van der Waals surface area contributed by atoms with Crippen molar-refractivity contribution in [3.63, 3.8) is 0 Å². The second-order valence-electron chi connectivity index (χ2n) is 6.78. The highest BCUT2D eigenvalue weighted by Gasteiger charge is 2.43. The smallest absolute Gasteiger partial charge is 0.264 e. The molecular weight excluding hydrogens is 568 g/mol. The largest absolute Gasteiger partial charge is 0.394 e. The van der Waals surface area contributed by atoms with Gasteiger partial charge in [0.1, 0.15) is 29.3 Å². The van der Waals surface area contributed by atoms with Crippen LogP contribution in [0.15, 0.2) is 32.0 Å². The molecule has 1 aliphatic rings. The quantitative estimate of drug-likeness (QED) is 0.338. The van der Waals surface area contributed by atoms with Crippen molar-refractivity contribution in [3.05, 3.63) is 37.7 Å². The van der Waals surface area contributed by atoms with Crippen molar-refractivity contribution in [2.45, 2.75) is 48.8 Å². The molecule has 5 N–H and O–H groups in total. The predicted molar refractivity (Wildman–Crippen MR) is 117 cm³/mol. The summed E-state index contributed by atoms with van der Waals surface area (Å²) in [5, 5.41) is 39.5. The van der Waals surface area contributed by atoms with Gasteiger partial charge in [-0.15, -0.1) is 11.3 Å². The Morgan fingerprint density at radius 3 is 2.50 bits per heavy atom. The van der Waals surface area contributed by atoms with Crippen LogP contribution < -0.4 is 4.72 Å². The van der Waals surface area contributed by atoms with Gasteiger partial charge in [0.25, 0.3) is 10.0 Å². The summed E-state index contributed by atoms with van der Waals surface area (Å²) in [6.45, 7) is 1.17. The fourth-order valence-corrected chi connectivity index (χ4v) is 6.79. The first kappa shape index (κ1) is 24.0. The second-order valence-corrected chi connectivity index (χ2v) is 11.3. The number of aryl methyl sites for hydroxylation is 1. The van der Waals surface area contributed by atoms with Crippen molar-refractivity contribution in [1.82, 2.24) is 4.98 Å².